The van der Waals surface area contributed by atoms with E-state index in [9.17, 15) is 18.4 Å². The van der Waals surface area contributed by atoms with Gasteiger partial charge in [0, 0.05) is 24.7 Å². The number of nitrogens with zero attached hydrogens (tertiary/aromatic N) is 2. The van der Waals surface area contributed by atoms with Crippen LogP contribution < -0.4 is 5.32 Å². The lowest BCUT2D eigenvalue weighted by molar-refractivity contribution is -0.130. The van der Waals surface area contributed by atoms with Crippen LogP contribution in [0.2, 0.25) is 0 Å². The minimum absolute atomic E-state index is 0.00138. The fourth-order valence-corrected chi connectivity index (χ4v) is 2.50. The Morgan fingerprint density at radius 1 is 1.50 bits per heavy atom. The number of likely N-dealkylation sites (tertiary alicyclic amines) is 1. The van der Waals surface area contributed by atoms with Crippen LogP contribution >= 0.6 is 0 Å². The number of carbonyl (C=O) groups is 2. The van der Waals surface area contributed by atoms with Crippen molar-refractivity contribution in [3.8, 4) is 0 Å². The SMILES string of the molecule is C=Cc1nccc(C(=O)NCC(=O)N2CCC(F)(F)C2)c1/C=C\C. The van der Waals surface area contributed by atoms with E-state index in [0.29, 0.717) is 16.8 Å². The highest BCUT2D eigenvalue weighted by Gasteiger charge is 2.40. The number of carbonyl (C=O) groups excluding carboxylic acids is 2. The Kier molecular flexibility index (Phi) is 5.43. The lowest BCUT2D eigenvalue weighted by Crippen LogP contribution is -2.40. The maximum absolute atomic E-state index is 13.1. The molecule has 1 aromatic rings. The molecule has 0 aromatic carbocycles. The van der Waals surface area contributed by atoms with E-state index in [0.717, 1.165) is 4.90 Å². The van der Waals surface area contributed by atoms with Crippen molar-refractivity contribution in [1.29, 1.82) is 0 Å². The van der Waals surface area contributed by atoms with Crippen LogP contribution in [0.15, 0.2) is 24.9 Å². The highest BCUT2D eigenvalue weighted by molar-refractivity contribution is 6.00. The first kappa shape index (κ1) is 17.8. The molecule has 0 bridgehead atoms. The molecule has 0 radical (unpaired) electrons. The lowest BCUT2D eigenvalue weighted by Gasteiger charge is -2.16. The van der Waals surface area contributed by atoms with Gasteiger partial charge in [-0.2, -0.15) is 0 Å². The molecule has 0 saturated carbocycles. The standard InChI is InChI=1S/C17H19F2N3O2/c1-3-5-12-13(6-8-20-14(12)4-2)16(24)21-10-15(23)22-9-7-17(18,19)11-22/h3-6,8H,2,7,9-11H2,1H3,(H,21,24)/b5-3-. The second-order valence-corrected chi connectivity index (χ2v) is 5.47. The van der Waals surface area contributed by atoms with E-state index in [1.807, 2.05) is 0 Å². The third-order valence-electron chi connectivity index (χ3n) is 3.71. The first-order valence-corrected chi connectivity index (χ1v) is 7.56. The first-order valence-electron chi connectivity index (χ1n) is 7.56. The summed E-state index contributed by atoms with van der Waals surface area (Å²) >= 11 is 0. The second-order valence-electron chi connectivity index (χ2n) is 5.47. The van der Waals surface area contributed by atoms with Crippen molar-refractivity contribution < 1.29 is 18.4 Å². The van der Waals surface area contributed by atoms with Gasteiger partial charge in [0.05, 0.1) is 24.3 Å². The minimum atomic E-state index is -2.84. The van der Waals surface area contributed by atoms with Gasteiger partial charge in [-0.3, -0.25) is 14.6 Å². The Labute approximate surface area is 139 Å². The van der Waals surface area contributed by atoms with E-state index < -0.39 is 24.3 Å². The van der Waals surface area contributed by atoms with Gasteiger partial charge in [-0.1, -0.05) is 18.7 Å². The summed E-state index contributed by atoms with van der Waals surface area (Å²) < 4.78 is 26.3. The van der Waals surface area contributed by atoms with Crippen LogP contribution in [0.3, 0.4) is 0 Å². The molecule has 2 rings (SSSR count). The molecule has 1 aliphatic rings. The third kappa shape index (κ3) is 4.04. The predicted octanol–water partition coefficient (Wildman–Crippen LogP) is 2.36. The molecule has 128 valence electrons. The number of alkyl halides is 2. The average Bonchev–Trinajstić information content (AvgIpc) is 2.92. The van der Waals surface area contributed by atoms with Gasteiger partial charge >= 0.3 is 0 Å². The highest BCUT2D eigenvalue weighted by Crippen LogP contribution is 2.26. The average molecular weight is 335 g/mol. The quantitative estimate of drug-likeness (QED) is 0.898. The lowest BCUT2D eigenvalue weighted by atomic mass is 10.0. The number of hydrogen-bond donors (Lipinski definition) is 1. The van der Waals surface area contributed by atoms with Crippen molar-refractivity contribution in [2.24, 2.45) is 0 Å². The van der Waals surface area contributed by atoms with E-state index in [1.54, 1.807) is 19.1 Å². The molecule has 5 nitrogen and oxygen atoms in total. The van der Waals surface area contributed by atoms with Crippen molar-refractivity contribution >= 4 is 24.0 Å². The molecular weight excluding hydrogens is 316 g/mol. The first-order chi connectivity index (χ1) is 11.4. The molecule has 0 unspecified atom stereocenters. The number of rotatable bonds is 5. The van der Waals surface area contributed by atoms with Crippen LogP contribution in [-0.4, -0.2) is 47.3 Å². The summed E-state index contributed by atoms with van der Waals surface area (Å²) in [4.78, 5) is 29.5. The van der Waals surface area contributed by atoms with Gasteiger partial charge in [-0.25, -0.2) is 8.78 Å². The molecule has 0 spiro atoms. The Hall–Kier alpha value is -2.57. The molecule has 2 amide bonds. The zero-order valence-electron chi connectivity index (χ0n) is 13.4. The summed E-state index contributed by atoms with van der Waals surface area (Å²) in [7, 11) is 0. The van der Waals surface area contributed by atoms with Gasteiger partial charge in [0.15, 0.2) is 0 Å². The molecule has 1 aliphatic heterocycles. The normalized spacial score (nSPS) is 16.4. The van der Waals surface area contributed by atoms with Crippen molar-refractivity contribution in [3.05, 3.63) is 41.7 Å². The van der Waals surface area contributed by atoms with Gasteiger partial charge in [-0.15, -0.1) is 0 Å². The number of pyridine rings is 1. The van der Waals surface area contributed by atoms with Crippen molar-refractivity contribution in [1.82, 2.24) is 15.2 Å². The topological polar surface area (TPSA) is 62.3 Å². The van der Waals surface area contributed by atoms with Crippen LogP contribution in [0.1, 0.15) is 35.0 Å². The van der Waals surface area contributed by atoms with Crippen molar-refractivity contribution in [2.45, 2.75) is 19.3 Å². The maximum Gasteiger partial charge on any atom is 0.267 e. The smallest absolute Gasteiger partial charge is 0.267 e. The monoisotopic (exact) mass is 335 g/mol. The summed E-state index contributed by atoms with van der Waals surface area (Å²) in [6.45, 7) is 4.54. The Balaban J connectivity index is 2.05. The van der Waals surface area contributed by atoms with Gasteiger partial charge in [0.1, 0.15) is 0 Å². The zero-order valence-corrected chi connectivity index (χ0v) is 13.4. The fourth-order valence-electron chi connectivity index (χ4n) is 2.50. The number of halogens is 2. The summed E-state index contributed by atoms with van der Waals surface area (Å²) in [5.74, 6) is -3.83. The largest absolute Gasteiger partial charge is 0.343 e. The predicted molar refractivity (Wildman–Crippen MR) is 87.5 cm³/mol. The molecule has 0 atom stereocenters. The summed E-state index contributed by atoms with van der Waals surface area (Å²) in [5.41, 5.74) is 1.48. The Bertz CT molecular complexity index is 686. The molecule has 7 heteroatoms. The summed E-state index contributed by atoms with van der Waals surface area (Å²) in [5, 5.41) is 2.48. The van der Waals surface area contributed by atoms with Gasteiger partial charge in [0.25, 0.3) is 11.8 Å². The van der Waals surface area contributed by atoms with Crippen molar-refractivity contribution in [2.75, 3.05) is 19.6 Å². The number of amides is 2. The second kappa shape index (κ2) is 7.33. The van der Waals surface area contributed by atoms with Crippen LogP contribution in [-0.2, 0) is 4.79 Å². The van der Waals surface area contributed by atoms with E-state index in [2.05, 4.69) is 16.9 Å². The van der Waals surface area contributed by atoms with Crippen molar-refractivity contribution in [3.63, 3.8) is 0 Å². The fraction of sp³-hybridized carbons (Fsp3) is 0.353. The van der Waals surface area contributed by atoms with E-state index in [4.69, 9.17) is 0 Å². The van der Waals surface area contributed by atoms with Crippen LogP contribution in [0.5, 0.6) is 0 Å². The number of aromatic nitrogens is 1. The molecule has 0 aliphatic carbocycles. The van der Waals surface area contributed by atoms with E-state index in [1.165, 1.54) is 18.3 Å². The number of hydrogen-bond acceptors (Lipinski definition) is 3. The number of nitrogens with one attached hydrogen (secondary N) is 1. The molecule has 2 heterocycles. The van der Waals surface area contributed by atoms with Crippen LogP contribution in [0.25, 0.3) is 12.2 Å². The minimum Gasteiger partial charge on any atom is -0.343 e. The third-order valence-corrected chi connectivity index (χ3v) is 3.71. The highest BCUT2D eigenvalue weighted by atomic mass is 19.3. The van der Waals surface area contributed by atoms with Gasteiger partial charge < -0.3 is 10.2 Å². The molecule has 1 saturated heterocycles. The van der Waals surface area contributed by atoms with Crippen LogP contribution in [0.4, 0.5) is 8.78 Å². The van der Waals surface area contributed by atoms with Gasteiger partial charge in [-0.05, 0) is 19.1 Å². The van der Waals surface area contributed by atoms with Crippen LogP contribution in [0, 0.1) is 0 Å². The van der Waals surface area contributed by atoms with E-state index >= 15 is 0 Å². The number of allylic oxidation sites excluding steroid dienone is 1. The molecule has 1 aromatic heterocycles. The molecule has 1 fully saturated rings. The Morgan fingerprint density at radius 3 is 2.83 bits per heavy atom. The van der Waals surface area contributed by atoms with E-state index in [-0.39, 0.29) is 19.5 Å². The van der Waals surface area contributed by atoms with Gasteiger partial charge in [0.2, 0.25) is 5.91 Å². The molecular formula is C17H19F2N3O2. The Morgan fingerprint density at radius 2 is 2.25 bits per heavy atom. The maximum atomic E-state index is 13.1. The zero-order chi connectivity index (χ0) is 17.7. The molecule has 1 N–H and O–H groups in total. The molecule has 24 heavy (non-hydrogen) atoms. The summed E-state index contributed by atoms with van der Waals surface area (Å²) in [6, 6.07) is 1.53. The summed E-state index contributed by atoms with van der Waals surface area (Å²) in [6.07, 6.45) is 6.15.